The third kappa shape index (κ3) is 3.62. The minimum absolute atomic E-state index is 0.291. The first kappa shape index (κ1) is 14.6. The van der Waals surface area contributed by atoms with Crippen molar-refractivity contribution in [3.63, 3.8) is 0 Å². The molecule has 1 unspecified atom stereocenters. The van der Waals surface area contributed by atoms with Gasteiger partial charge in [-0.2, -0.15) is 15.3 Å². The Bertz CT molecular complexity index is 626. The smallest absolute Gasteiger partial charge is 0.328 e. The number of rotatable bonds is 6. The predicted octanol–water partition coefficient (Wildman–Crippen LogP) is 1.35. The Morgan fingerprint density at radius 3 is 2.81 bits per heavy atom. The van der Waals surface area contributed by atoms with Gasteiger partial charge in [-0.25, -0.2) is 4.79 Å². The average Bonchev–Trinajstić information content (AvgIpc) is 2.93. The molecule has 0 fully saturated rings. The van der Waals surface area contributed by atoms with E-state index in [0.717, 1.165) is 6.42 Å². The molecule has 0 aromatic carbocycles. The van der Waals surface area contributed by atoms with Crippen molar-refractivity contribution in [3.8, 4) is 0 Å². The van der Waals surface area contributed by atoms with Crippen LogP contribution in [0.25, 0.3) is 0 Å². The summed E-state index contributed by atoms with van der Waals surface area (Å²) in [6.07, 6.45) is 5.48. The van der Waals surface area contributed by atoms with Gasteiger partial charge in [-0.15, -0.1) is 0 Å². The molecule has 21 heavy (non-hydrogen) atoms. The average molecular weight is 289 g/mol. The number of aromatic nitrogens is 4. The molecule has 0 aliphatic heterocycles. The topological polar surface area (TPSA) is 110 Å². The first-order valence-corrected chi connectivity index (χ1v) is 6.47. The molecule has 2 aromatic heterocycles. The summed E-state index contributed by atoms with van der Waals surface area (Å²) in [6, 6.07) is 2.34. The van der Waals surface area contributed by atoms with E-state index in [4.69, 9.17) is 5.11 Å². The Kier molecular flexibility index (Phi) is 4.60. The number of anilines is 1. The molecular formula is C13H15N5O3. The molecule has 8 nitrogen and oxygen atoms in total. The minimum atomic E-state index is -0.948. The molecule has 2 rings (SSSR count). The maximum Gasteiger partial charge on any atom is 0.328 e. The predicted molar refractivity (Wildman–Crippen MR) is 73.8 cm³/mol. The molecule has 8 heteroatoms. The van der Waals surface area contributed by atoms with E-state index in [1.165, 1.54) is 29.3 Å². The van der Waals surface area contributed by atoms with Gasteiger partial charge >= 0.3 is 5.97 Å². The summed E-state index contributed by atoms with van der Waals surface area (Å²) < 4.78 is 1.34. The molecule has 1 atom stereocenters. The van der Waals surface area contributed by atoms with Crippen LogP contribution in [0.15, 0.2) is 30.7 Å². The van der Waals surface area contributed by atoms with Gasteiger partial charge in [-0.3, -0.25) is 9.48 Å². The van der Waals surface area contributed by atoms with Gasteiger partial charge in [-0.1, -0.05) is 13.3 Å². The molecule has 110 valence electrons. The van der Waals surface area contributed by atoms with E-state index >= 15 is 0 Å². The van der Waals surface area contributed by atoms with E-state index in [1.54, 1.807) is 6.07 Å². The van der Waals surface area contributed by atoms with Crippen LogP contribution in [0, 0.1) is 0 Å². The number of nitrogens with one attached hydrogen (secondary N) is 1. The minimum Gasteiger partial charge on any atom is -0.480 e. The lowest BCUT2D eigenvalue weighted by atomic mass is 10.2. The fourth-order valence-corrected chi connectivity index (χ4v) is 1.83. The molecule has 0 saturated carbocycles. The van der Waals surface area contributed by atoms with E-state index in [-0.39, 0.29) is 5.91 Å². The molecule has 0 bridgehead atoms. The Morgan fingerprint density at radius 1 is 1.38 bits per heavy atom. The maximum atomic E-state index is 11.9. The van der Waals surface area contributed by atoms with Crippen LogP contribution in [0.1, 0.15) is 36.2 Å². The lowest BCUT2D eigenvalue weighted by molar-refractivity contribution is -0.141. The van der Waals surface area contributed by atoms with Gasteiger partial charge in [0.2, 0.25) is 0 Å². The zero-order chi connectivity index (χ0) is 15.2. The number of hydrogen-bond donors (Lipinski definition) is 2. The molecule has 0 saturated heterocycles. The summed E-state index contributed by atoms with van der Waals surface area (Å²) in [4.78, 5) is 23.1. The molecule has 0 radical (unpaired) electrons. The molecule has 0 spiro atoms. The van der Waals surface area contributed by atoms with Crippen LogP contribution >= 0.6 is 0 Å². The number of nitrogens with zero attached hydrogens (tertiary/aromatic N) is 4. The number of amides is 1. The zero-order valence-electron chi connectivity index (χ0n) is 11.4. The number of carbonyl (C=O) groups excluding carboxylic acids is 1. The van der Waals surface area contributed by atoms with Crippen LogP contribution in [0.2, 0.25) is 0 Å². The Hall–Kier alpha value is -2.77. The van der Waals surface area contributed by atoms with Crippen molar-refractivity contribution < 1.29 is 14.7 Å². The van der Waals surface area contributed by atoms with Crippen molar-refractivity contribution in [1.29, 1.82) is 0 Å². The van der Waals surface area contributed by atoms with Gasteiger partial charge in [-0.05, 0) is 12.5 Å². The van der Waals surface area contributed by atoms with Crippen molar-refractivity contribution >= 4 is 17.7 Å². The molecule has 0 aliphatic rings. The van der Waals surface area contributed by atoms with Gasteiger partial charge in [0.25, 0.3) is 5.91 Å². The first-order valence-electron chi connectivity index (χ1n) is 6.47. The molecular weight excluding hydrogens is 274 g/mol. The van der Waals surface area contributed by atoms with Crippen molar-refractivity contribution in [2.24, 2.45) is 0 Å². The monoisotopic (exact) mass is 289 g/mol. The highest BCUT2D eigenvalue weighted by Gasteiger charge is 2.19. The lowest BCUT2D eigenvalue weighted by Crippen LogP contribution is -2.20. The fourth-order valence-electron chi connectivity index (χ4n) is 1.83. The molecule has 2 heterocycles. The molecule has 1 amide bonds. The highest BCUT2D eigenvalue weighted by atomic mass is 16.4. The van der Waals surface area contributed by atoms with Gasteiger partial charge in [0, 0.05) is 12.3 Å². The number of hydrogen-bond acceptors (Lipinski definition) is 5. The lowest BCUT2D eigenvalue weighted by Gasteiger charge is -2.11. The van der Waals surface area contributed by atoms with E-state index < -0.39 is 12.0 Å². The standard InChI is InChI=1S/C13H15N5O3/c1-2-3-10(13(20)21)18-7-5-11(17-18)16-12(19)9-4-6-14-15-8-9/h4-8,10H,2-3H2,1H3,(H,20,21)(H,16,17,19). The fraction of sp³-hybridized carbons (Fsp3) is 0.308. The molecule has 2 N–H and O–H groups in total. The van der Waals surface area contributed by atoms with Gasteiger partial charge in [0.1, 0.15) is 6.04 Å². The van der Waals surface area contributed by atoms with Crippen molar-refractivity contribution in [2.75, 3.05) is 5.32 Å². The second-order valence-electron chi connectivity index (χ2n) is 4.41. The third-order valence-electron chi connectivity index (χ3n) is 2.86. The Balaban J connectivity index is 2.09. The van der Waals surface area contributed by atoms with Crippen molar-refractivity contribution in [3.05, 3.63) is 36.3 Å². The van der Waals surface area contributed by atoms with Gasteiger partial charge in [0.15, 0.2) is 5.82 Å². The molecule has 0 aliphatic carbocycles. The van der Waals surface area contributed by atoms with Crippen LogP contribution < -0.4 is 5.32 Å². The second kappa shape index (κ2) is 6.60. The van der Waals surface area contributed by atoms with Crippen LogP contribution in [0.4, 0.5) is 5.82 Å². The van der Waals surface area contributed by atoms with Crippen molar-refractivity contribution in [1.82, 2.24) is 20.0 Å². The highest BCUT2D eigenvalue weighted by Crippen LogP contribution is 2.15. The van der Waals surface area contributed by atoms with Crippen LogP contribution in [0.3, 0.4) is 0 Å². The molecule has 2 aromatic rings. The quantitative estimate of drug-likeness (QED) is 0.830. The highest BCUT2D eigenvalue weighted by molar-refractivity contribution is 6.03. The summed E-state index contributed by atoms with van der Waals surface area (Å²) in [5.41, 5.74) is 0.350. The van der Waals surface area contributed by atoms with Crippen LogP contribution in [-0.2, 0) is 4.79 Å². The van der Waals surface area contributed by atoms with Crippen molar-refractivity contribution in [2.45, 2.75) is 25.8 Å². The van der Waals surface area contributed by atoms with E-state index in [0.29, 0.717) is 17.8 Å². The normalized spacial score (nSPS) is 11.9. The van der Waals surface area contributed by atoms with E-state index in [1.807, 2.05) is 6.92 Å². The number of aliphatic carboxylic acids is 1. The van der Waals surface area contributed by atoms with E-state index in [9.17, 15) is 9.59 Å². The van der Waals surface area contributed by atoms with Crippen LogP contribution in [0.5, 0.6) is 0 Å². The summed E-state index contributed by atoms with van der Waals surface area (Å²) in [6.45, 7) is 1.90. The second-order valence-corrected chi connectivity index (χ2v) is 4.41. The summed E-state index contributed by atoms with van der Waals surface area (Å²) in [5, 5.41) is 23.0. The Morgan fingerprint density at radius 2 is 2.19 bits per heavy atom. The van der Waals surface area contributed by atoms with Gasteiger partial charge < -0.3 is 10.4 Å². The third-order valence-corrected chi connectivity index (χ3v) is 2.86. The summed E-state index contributed by atoms with van der Waals surface area (Å²) in [7, 11) is 0. The first-order chi connectivity index (χ1) is 10.1. The zero-order valence-corrected chi connectivity index (χ0v) is 11.4. The number of carboxylic acid groups (broad SMARTS) is 1. The number of carbonyl (C=O) groups is 2. The largest absolute Gasteiger partial charge is 0.480 e. The summed E-state index contributed by atoms with van der Waals surface area (Å²) >= 11 is 0. The SMILES string of the molecule is CCCC(C(=O)O)n1ccc(NC(=O)c2ccnnc2)n1. The number of carboxylic acids is 1. The van der Waals surface area contributed by atoms with Crippen LogP contribution in [-0.4, -0.2) is 37.0 Å². The maximum absolute atomic E-state index is 11.9. The van der Waals surface area contributed by atoms with Gasteiger partial charge in [0.05, 0.1) is 18.0 Å². The van der Waals surface area contributed by atoms with E-state index in [2.05, 4.69) is 20.6 Å². The summed E-state index contributed by atoms with van der Waals surface area (Å²) in [5.74, 6) is -1.03. The Labute approximate surface area is 120 Å².